The van der Waals surface area contributed by atoms with Crippen molar-refractivity contribution < 1.29 is 17.6 Å². The first kappa shape index (κ1) is 16.3. The Morgan fingerprint density at radius 3 is 2.24 bits per heavy atom. The number of hydrogen-bond acceptors (Lipinski definition) is 1. The Kier molecular flexibility index (Phi) is 4.93. The second kappa shape index (κ2) is 6.36. The summed E-state index contributed by atoms with van der Waals surface area (Å²) in [5.74, 6) is -0.476. The zero-order chi connectivity index (χ0) is 15.6. The number of halogens is 6. The van der Waals surface area contributed by atoms with E-state index in [-0.39, 0.29) is 17.8 Å². The van der Waals surface area contributed by atoms with E-state index in [1.807, 2.05) is 0 Å². The van der Waals surface area contributed by atoms with E-state index in [2.05, 4.69) is 37.2 Å². The number of alkyl halides is 3. The fourth-order valence-corrected chi connectivity index (χ4v) is 2.54. The van der Waals surface area contributed by atoms with Crippen molar-refractivity contribution in [1.29, 1.82) is 0 Å². The summed E-state index contributed by atoms with van der Waals surface area (Å²) in [4.78, 5) is 0. The molecule has 0 heterocycles. The maximum Gasteiger partial charge on any atom is 0.418 e. The molecule has 0 aliphatic carbocycles. The van der Waals surface area contributed by atoms with E-state index in [9.17, 15) is 17.6 Å². The summed E-state index contributed by atoms with van der Waals surface area (Å²) in [6.45, 7) is -0.0456. The van der Waals surface area contributed by atoms with E-state index in [0.29, 0.717) is 8.95 Å². The fraction of sp³-hybridized carbons (Fsp3) is 0.143. The molecule has 2 rings (SSSR count). The monoisotopic (exact) mass is 425 g/mol. The molecule has 112 valence electrons. The van der Waals surface area contributed by atoms with E-state index in [0.717, 1.165) is 6.07 Å². The summed E-state index contributed by atoms with van der Waals surface area (Å²) in [5.41, 5.74) is -0.613. The first-order valence-corrected chi connectivity index (χ1v) is 7.40. The quantitative estimate of drug-likeness (QED) is 0.595. The van der Waals surface area contributed by atoms with Gasteiger partial charge < -0.3 is 5.32 Å². The summed E-state index contributed by atoms with van der Waals surface area (Å²) < 4.78 is 53.4. The highest BCUT2D eigenvalue weighted by Crippen LogP contribution is 2.36. The average molecular weight is 427 g/mol. The summed E-state index contributed by atoms with van der Waals surface area (Å²) in [6.07, 6.45) is -4.48. The average Bonchev–Trinajstić information content (AvgIpc) is 2.40. The van der Waals surface area contributed by atoms with Gasteiger partial charge in [-0.15, -0.1) is 0 Å². The van der Waals surface area contributed by atoms with Crippen LogP contribution in [0, 0.1) is 5.82 Å². The van der Waals surface area contributed by atoms with Crippen LogP contribution in [0.4, 0.5) is 23.2 Å². The number of hydrogen-bond donors (Lipinski definition) is 1. The molecule has 1 nitrogen and oxygen atoms in total. The zero-order valence-electron chi connectivity index (χ0n) is 10.4. The molecule has 0 saturated heterocycles. The molecular formula is C14H9Br2F4N. The molecule has 7 heteroatoms. The Labute approximate surface area is 135 Å². The molecule has 0 aromatic heterocycles. The summed E-state index contributed by atoms with van der Waals surface area (Å²) in [6, 6.07) is 8.10. The number of nitrogens with one attached hydrogen (secondary N) is 1. The van der Waals surface area contributed by atoms with Gasteiger partial charge in [0.2, 0.25) is 0 Å². The highest BCUT2D eigenvalue weighted by molar-refractivity contribution is 9.10. The molecule has 0 amide bonds. The fourth-order valence-electron chi connectivity index (χ4n) is 1.77. The maximum absolute atomic E-state index is 13.6. The highest BCUT2D eigenvalue weighted by atomic mass is 79.9. The van der Waals surface area contributed by atoms with Crippen LogP contribution in [0.25, 0.3) is 0 Å². The van der Waals surface area contributed by atoms with Crippen molar-refractivity contribution in [1.82, 2.24) is 0 Å². The van der Waals surface area contributed by atoms with Crippen LogP contribution in [0.2, 0.25) is 0 Å². The summed E-state index contributed by atoms with van der Waals surface area (Å²) in [7, 11) is 0. The Morgan fingerprint density at radius 2 is 1.57 bits per heavy atom. The first-order chi connectivity index (χ1) is 9.77. The van der Waals surface area contributed by atoms with Gasteiger partial charge >= 0.3 is 6.18 Å². The lowest BCUT2D eigenvalue weighted by molar-refractivity contribution is -0.137. The van der Waals surface area contributed by atoms with Crippen LogP contribution in [-0.2, 0) is 12.7 Å². The van der Waals surface area contributed by atoms with Gasteiger partial charge in [0.15, 0.2) is 0 Å². The van der Waals surface area contributed by atoms with E-state index < -0.39 is 17.6 Å². The third-order valence-corrected chi connectivity index (χ3v) is 3.75. The minimum Gasteiger partial charge on any atom is -0.380 e. The van der Waals surface area contributed by atoms with Crippen LogP contribution in [0.3, 0.4) is 0 Å². The van der Waals surface area contributed by atoms with Crippen molar-refractivity contribution in [2.75, 3.05) is 5.32 Å². The van der Waals surface area contributed by atoms with Crippen LogP contribution in [0.5, 0.6) is 0 Å². The molecule has 0 spiro atoms. The van der Waals surface area contributed by atoms with Gasteiger partial charge in [-0.1, -0.05) is 31.9 Å². The zero-order valence-corrected chi connectivity index (χ0v) is 13.6. The molecule has 0 aliphatic heterocycles. The van der Waals surface area contributed by atoms with E-state index in [1.54, 1.807) is 0 Å². The highest BCUT2D eigenvalue weighted by Gasteiger charge is 2.33. The predicted molar refractivity (Wildman–Crippen MR) is 80.6 cm³/mol. The molecule has 21 heavy (non-hydrogen) atoms. The lowest BCUT2D eigenvalue weighted by atomic mass is 10.1. The van der Waals surface area contributed by atoms with Crippen LogP contribution < -0.4 is 5.32 Å². The van der Waals surface area contributed by atoms with Crippen molar-refractivity contribution in [3.63, 3.8) is 0 Å². The predicted octanol–water partition coefficient (Wildman–Crippen LogP) is 5.98. The molecule has 2 aromatic carbocycles. The Hall–Kier alpha value is -1.08. The van der Waals surface area contributed by atoms with Gasteiger partial charge in [0.05, 0.1) is 5.56 Å². The van der Waals surface area contributed by atoms with E-state index in [4.69, 9.17) is 0 Å². The van der Waals surface area contributed by atoms with E-state index >= 15 is 0 Å². The minimum absolute atomic E-state index is 0.0456. The molecule has 0 radical (unpaired) electrons. The molecular weight excluding hydrogens is 418 g/mol. The van der Waals surface area contributed by atoms with Crippen molar-refractivity contribution in [2.24, 2.45) is 0 Å². The molecule has 1 N–H and O–H groups in total. The topological polar surface area (TPSA) is 12.0 Å². The Balaban J connectivity index is 2.26. The number of benzene rings is 2. The maximum atomic E-state index is 13.6. The van der Waals surface area contributed by atoms with Crippen LogP contribution >= 0.6 is 31.9 Å². The Bertz CT molecular complexity index is 656. The van der Waals surface area contributed by atoms with Gasteiger partial charge in [-0.3, -0.25) is 0 Å². The van der Waals surface area contributed by atoms with Gasteiger partial charge in [0, 0.05) is 26.7 Å². The molecule has 0 aliphatic rings. The Morgan fingerprint density at radius 1 is 0.952 bits per heavy atom. The van der Waals surface area contributed by atoms with Crippen molar-refractivity contribution in [3.05, 3.63) is 62.3 Å². The van der Waals surface area contributed by atoms with Crippen LogP contribution in [0.1, 0.15) is 11.1 Å². The normalized spacial score (nSPS) is 11.5. The van der Waals surface area contributed by atoms with Gasteiger partial charge in [-0.05, 0) is 36.4 Å². The van der Waals surface area contributed by atoms with E-state index in [1.165, 1.54) is 30.3 Å². The smallest absolute Gasteiger partial charge is 0.380 e. The van der Waals surface area contributed by atoms with Gasteiger partial charge in [-0.25, -0.2) is 4.39 Å². The lowest BCUT2D eigenvalue weighted by Gasteiger charge is -2.15. The van der Waals surface area contributed by atoms with Crippen molar-refractivity contribution in [2.45, 2.75) is 12.7 Å². The second-order valence-electron chi connectivity index (χ2n) is 4.28. The number of rotatable bonds is 3. The minimum atomic E-state index is -4.48. The van der Waals surface area contributed by atoms with Gasteiger partial charge in [-0.2, -0.15) is 13.2 Å². The molecule has 0 bridgehead atoms. The molecule has 0 unspecified atom stereocenters. The second-order valence-corrected chi connectivity index (χ2v) is 6.11. The third kappa shape index (κ3) is 4.20. The van der Waals surface area contributed by atoms with Crippen molar-refractivity contribution >= 4 is 37.5 Å². The largest absolute Gasteiger partial charge is 0.418 e. The van der Waals surface area contributed by atoms with Crippen LogP contribution in [-0.4, -0.2) is 0 Å². The third-order valence-electron chi connectivity index (χ3n) is 2.76. The van der Waals surface area contributed by atoms with Gasteiger partial charge in [0.1, 0.15) is 5.82 Å². The molecule has 0 atom stereocenters. The molecule has 2 aromatic rings. The SMILES string of the molecule is Fc1ccc(Br)cc1CNc1ccc(Br)cc1C(F)(F)F. The summed E-state index contributed by atoms with van der Waals surface area (Å²) >= 11 is 6.21. The van der Waals surface area contributed by atoms with Crippen LogP contribution in [0.15, 0.2) is 45.3 Å². The van der Waals surface area contributed by atoms with Gasteiger partial charge in [0.25, 0.3) is 0 Å². The summed E-state index contributed by atoms with van der Waals surface area (Å²) in [5, 5.41) is 2.63. The van der Waals surface area contributed by atoms with Crippen molar-refractivity contribution in [3.8, 4) is 0 Å². The molecule has 0 fully saturated rings. The number of anilines is 1. The standard InChI is InChI=1S/C14H9Br2F4N/c15-9-1-3-12(17)8(5-9)7-21-13-4-2-10(16)6-11(13)14(18,19)20/h1-6,21H,7H2. The first-order valence-electron chi connectivity index (χ1n) is 5.82. The lowest BCUT2D eigenvalue weighted by Crippen LogP contribution is -2.11. The molecule has 0 saturated carbocycles.